The van der Waals surface area contributed by atoms with Gasteiger partial charge in [0.1, 0.15) is 5.54 Å². The lowest BCUT2D eigenvalue weighted by atomic mass is 9.95. The number of esters is 1. The zero-order valence-corrected chi connectivity index (χ0v) is 13.5. The number of rotatable bonds is 13. The summed E-state index contributed by atoms with van der Waals surface area (Å²) in [6.07, 6.45) is 2.51. The SMILES string of the molecule is CCCNC(C)(CCCOCCOCC)C(=O)OCC. The lowest BCUT2D eigenvalue weighted by Gasteiger charge is -2.28. The molecule has 20 heavy (non-hydrogen) atoms. The molecule has 0 fully saturated rings. The molecule has 0 amide bonds. The highest BCUT2D eigenvalue weighted by atomic mass is 16.5. The van der Waals surface area contributed by atoms with Crippen molar-refractivity contribution in [3.63, 3.8) is 0 Å². The molecule has 0 aromatic rings. The van der Waals surface area contributed by atoms with Crippen molar-refractivity contribution in [3.8, 4) is 0 Å². The van der Waals surface area contributed by atoms with Gasteiger partial charge in [0, 0.05) is 13.2 Å². The molecule has 0 aliphatic heterocycles. The zero-order chi connectivity index (χ0) is 15.3. The zero-order valence-electron chi connectivity index (χ0n) is 13.5. The third kappa shape index (κ3) is 8.51. The number of ether oxygens (including phenoxy) is 3. The molecule has 1 unspecified atom stereocenters. The molecular weight excluding hydrogens is 258 g/mol. The Balaban J connectivity index is 4.00. The highest BCUT2D eigenvalue weighted by Gasteiger charge is 2.33. The second-order valence-electron chi connectivity index (χ2n) is 4.89. The van der Waals surface area contributed by atoms with E-state index in [1.807, 2.05) is 20.8 Å². The molecule has 0 aromatic carbocycles. The lowest BCUT2D eigenvalue weighted by Crippen LogP contribution is -2.50. The fraction of sp³-hybridized carbons (Fsp3) is 0.933. The van der Waals surface area contributed by atoms with E-state index in [4.69, 9.17) is 14.2 Å². The Bertz CT molecular complexity index is 248. The van der Waals surface area contributed by atoms with Gasteiger partial charge in [0.15, 0.2) is 0 Å². The van der Waals surface area contributed by atoms with Crippen LogP contribution in [0.3, 0.4) is 0 Å². The maximum absolute atomic E-state index is 12.0. The summed E-state index contributed by atoms with van der Waals surface area (Å²) in [5.74, 6) is -0.178. The number of carbonyl (C=O) groups is 1. The Kier molecular flexibility index (Phi) is 11.7. The first-order valence-corrected chi connectivity index (χ1v) is 7.68. The largest absolute Gasteiger partial charge is 0.465 e. The molecule has 5 nitrogen and oxygen atoms in total. The van der Waals surface area contributed by atoms with E-state index < -0.39 is 5.54 Å². The van der Waals surface area contributed by atoms with Crippen LogP contribution in [0.15, 0.2) is 0 Å². The van der Waals surface area contributed by atoms with Crippen LogP contribution in [0.25, 0.3) is 0 Å². The van der Waals surface area contributed by atoms with Crippen LogP contribution in [0.1, 0.15) is 47.0 Å². The van der Waals surface area contributed by atoms with Crippen LogP contribution in [-0.4, -0.2) is 51.1 Å². The molecule has 5 heteroatoms. The molecule has 1 atom stereocenters. The highest BCUT2D eigenvalue weighted by Crippen LogP contribution is 2.15. The standard InChI is InChI=1S/C15H31NO4/c1-5-10-16-15(4,14(17)20-7-3)9-8-11-19-13-12-18-6-2/h16H,5-13H2,1-4H3. The molecule has 0 heterocycles. The summed E-state index contributed by atoms with van der Waals surface area (Å²) in [6, 6.07) is 0. The van der Waals surface area contributed by atoms with Gasteiger partial charge in [-0.05, 0) is 46.6 Å². The van der Waals surface area contributed by atoms with E-state index in [9.17, 15) is 4.79 Å². The van der Waals surface area contributed by atoms with Gasteiger partial charge in [-0.3, -0.25) is 4.79 Å². The van der Waals surface area contributed by atoms with E-state index in [2.05, 4.69) is 12.2 Å². The molecule has 0 bridgehead atoms. The summed E-state index contributed by atoms with van der Waals surface area (Å²) < 4.78 is 15.8. The van der Waals surface area contributed by atoms with Gasteiger partial charge >= 0.3 is 5.97 Å². The molecule has 1 N–H and O–H groups in total. The fourth-order valence-corrected chi connectivity index (χ4v) is 1.85. The van der Waals surface area contributed by atoms with Crippen molar-refractivity contribution in [3.05, 3.63) is 0 Å². The Morgan fingerprint density at radius 2 is 1.75 bits per heavy atom. The highest BCUT2D eigenvalue weighted by molar-refractivity contribution is 5.80. The van der Waals surface area contributed by atoms with Gasteiger partial charge < -0.3 is 19.5 Å². The minimum atomic E-state index is -0.616. The van der Waals surface area contributed by atoms with Gasteiger partial charge in [-0.25, -0.2) is 0 Å². The van der Waals surface area contributed by atoms with Gasteiger partial charge in [-0.1, -0.05) is 6.92 Å². The van der Waals surface area contributed by atoms with Gasteiger partial charge in [-0.2, -0.15) is 0 Å². The van der Waals surface area contributed by atoms with E-state index in [0.717, 1.165) is 19.4 Å². The quantitative estimate of drug-likeness (QED) is 0.416. The molecule has 0 saturated carbocycles. The summed E-state index contributed by atoms with van der Waals surface area (Å²) in [5, 5.41) is 3.29. The fourth-order valence-electron chi connectivity index (χ4n) is 1.85. The first-order valence-electron chi connectivity index (χ1n) is 7.68. The van der Waals surface area contributed by atoms with Crippen LogP contribution in [0.2, 0.25) is 0 Å². The molecule has 120 valence electrons. The van der Waals surface area contributed by atoms with Crippen LogP contribution in [0.4, 0.5) is 0 Å². The van der Waals surface area contributed by atoms with Crippen molar-refractivity contribution in [1.29, 1.82) is 0 Å². The van der Waals surface area contributed by atoms with Crippen LogP contribution in [0, 0.1) is 0 Å². The molecular formula is C15H31NO4. The lowest BCUT2D eigenvalue weighted by molar-refractivity contribution is -0.151. The maximum Gasteiger partial charge on any atom is 0.326 e. The van der Waals surface area contributed by atoms with Gasteiger partial charge in [0.25, 0.3) is 0 Å². The van der Waals surface area contributed by atoms with Crippen LogP contribution < -0.4 is 5.32 Å². The van der Waals surface area contributed by atoms with E-state index >= 15 is 0 Å². The van der Waals surface area contributed by atoms with E-state index in [-0.39, 0.29) is 5.97 Å². The van der Waals surface area contributed by atoms with Crippen LogP contribution in [-0.2, 0) is 19.0 Å². The van der Waals surface area contributed by atoms with Crippen molar-refractivity contribution < 1.29 is 19.0 Å². The first kappa shape index (κ1) is 19.4. The third-order valence-corrected chi connectivity index (χ3v) is 3.03. The second kappa shape index (κ2) is 12.1. The number of carbonyl (C=O) groups excluding carboxylic acids is 1. The first-order chi connectivity index (χ1) is 9.60. The molecule has 0 aliphatic rings. The third-order valence-electron chi connectivity index (χ3n) is 3.03. The Labute approximate surface area is 123 Å². The normalized spacial score (nSPS) is 14.0. The molecule has 0 rings (SSSR count). The summed E-state index contributed by atoms with van der Waals surface area (Å²) in [6.45, 7) is 11.6. The van der Waals surface area contributed by atoms with E-state index in [0.29, 0.717) is 39.5 Å². The summed E-state index contributed by atoms with van der Waals surface area (Å²) >= 11 is 0. The average Bonchev–Trinajstić information content (AvgIpc) is 2.44. The van der Waals surface area contributed by atoms with Crippen molar-refractivity contribution in [2.24, 2.45) is 0 Å². The van der Waals surface area contributed by atoms with Gasteiger partial charge in [0.05, 0.1) is 19.8 Å². The molecule has 0 radical (unpaired) electrons. The Morgan fingerprint density at radius 1 is 1.05 bits per heavy atom. The number of hydrogen-bond acceptors (Lipinski definition) is 5. The summed E-state index contributed by atoms with van der Waals surface area (Å²) in [7, 11) is 0. The van der Waals surface area contributed by atoms with Crippen molar-refractivity contribution in [2.75, 3.05) is 39.6 Å². The number of hydrogen-bond donors (Lipinski definition) is 1. The maximum atomic E-state index is 12.0. The Hall–Kier alpha value is -0.650. The molecule has 0 spiro atoms. The average molecular weight is 289 g/mol. The predicted molar refractivity (Wildman–Crippen MR) is 79.9 cm³/mol. The van der Waals surface area contributed by atoms with E-state index in [1.54, 1.807) is 0 Å². The Morgan fingerprint density at radius 3 is 2.35 bits per heavy atom. The minimum absolute atomic E-state index is 0.178. The summed E-state index contributed by atoms with van der Waals surface area (Å²) in [5.41, 5.74) is -0.616. The summed E-state index contributed by atoms with van der Waals surface area (Å²) in [4.78, 5) is 12.0. The van der Waals surface area contributed by atoms with E-state index in [1.165, 1.54) is 0 Å². The van der Waals surface area contributed by atoms with Crippen LogP contribution >= 0.6 is 0 Å². The monoisotopic (exact) mass is 289 g/mol. The molecule has 0 saturated heterocycles. The van der Waals surface area contributed by atoms with Crippen molar-refractivity contribution in [2.45, 2.75) is 52.5 Å². The second-order valence-corrected chi connectivity index (χ2v) is 4.89. The number of nitrogens with one attached hydrogen (secondary N) is 1. The topological polar surface area (TPSA) is 56.8 Å². The smallest absolute Gasteiger partial charge is 0.326 e. The van der Waals surface area contributed by atoms with Gasteiger partial charge in [0.2, 0.25) is 0 Å². The molecule has 0 aliphatic carbocycles. The van der Waals surface area contributed by atoms with Gasteiger partial charge in [-0.15, -0.1) is 0 Å². The minimum Gasteiger partial charge on any atom is -0.465 e. The predicted octanol–water partition coefficient (Wildman–Crippen LogP) is 2.14. The van der Waals surface area contributed by atoms with Crippen molar-refractivity contribution in [1.82, 2.24) is 5.32 Å². The van der Waals surface area contributed by atoms with Crippen LogP contribution in [0.5, 0.6) is 0 Å². The van der Waals surface area contributed by atoms with Crippen molar-refractivity contribution >= 4 is 5.97 Å². The molecule has 0 aromatic heterocycles.